The molecule has 0 saturated carbocycles. The second kappa shape index (κ2) is 6.68. The molecular weight excluding hydrogens is 296 g/mol. The highest BCUT2D eigenvalue weighted by Crippen LogP contribution is 2.40. The third-order valence-electron chi connectivity index (χ3n) is 4.96. The van der Waals surface area contributed by atoms with Gasteiger partial charge in [-0.2, -0.15) is 0 Å². The number of ether oxygens (including phenoxy) is 2. The molecule has 4 atom stereocenters. The van der Waals surface area contributed by atoms with Gasteiger partial charge in [-0.3, -0.25) is 9.69 Å². The van der Waals surface area contributed by atoms with Crippen molar-refractivity contribution in [3.63, 3.8) is 0 Å². The van der Waals surface area contributed by atoms with Crippen molar-refractivity contribution in [1.29, 1.82) is 0 Å². The molecular formula is C17H22N2O4. The summed E-state index contributed by atoms with van der Waals surface area (Å²) in [5, 5.41) is 0. The van der Waals surface area contributed by atoms with Gasteiger partial charge in [0.1, 0.15) is 12.0 Å². The maximum Gasteiger partial charge on any atom is 0.338 e. The summed E-state index contributed by atoms with van der Waals surface area (Å²) in [6, 6.07) is 9.08. The van der Waals surface area contributed by atoms with Gasteiger partial charge in [0.15, 0.2) is 0 Å². The van der Waals surface area contributed by atoms with Gasteiger partial charge >= 0.3 is 11.9 Å². The minimum absolute atomic E-state index is 0.0141. The Labute approximate surface area is 135 Å². The van der Waals surface area contributed by atoms with E-state index in [1.165, 1.54) is 7.11 Å². The second-order valence-electron chi connectivity index (χ2n) is 6.09. The van der Waals surface area contributed by atoms with E-state index < -0.39 is 18.0 Å². The highest BCUT2D eigenvalue weighted by Gasteiger charge is 2.51. The quantitative estimate of drug-likeness (QED) is 0.839. The average molecular weight is 318 g/mol. The molecule has 0 aliphatic carbocycles. The summed E-state index contributed by atoms with van der Waals surface area (Å²) in [6.07, 6.45) is 2.00. The summed E-state index contributed by atoms with van der Waals surface area (Å²) < 4.78 is 10.6. The van der Waals surface area contributed by atoms with E-state index in [0.717, 1.165) is 12.8 Å². The fourth-order valence-corrected chi connectivity index (χ4v) is 3.90. The van der Waals surface area contributed by atoms with E-state index in [4.69, 9.17) is 15.2 Å². The molecule has 2 N–H and O–H groups in total. The van der Waals surface area contributed by atoms with Gasteiger partial charge in [-0.1, -0.05) is 18.2 Å². The lowest BCUT2D eigenvalue weighted by atomic mass is 9.87. The van der Waals surface area contributed by atoms with Gasteiger partial charge in [-0.05, 0) is 25.0 Å². The molecule has 4 unspecified atom stereocenters. The second-order valence-corrected chi connectivity index (χ2v) is 6.09. The van der Waals surface area contributed by atoms with Gasteiger partial charge < -0.3 is 15.2 Å². The Bertz CT molecular complexity index is 577. The van der Waals surface area contributed by atoms with Crippen LogP contribution in [0.5, 0.6) is 0 Å². The summed E-state index contributed by atoms with van der Waals surface area (Å²) in [4.78, 5) is 26.7. The van der Waals surface area contributed by atoms with Gasteiger partial charge in [-0.15, -0.1) is 0 Å². The van der Waals surface area contributed by atoms with Crippen molar-refractivity contribution < 1.29 is 19.1 Å². The van der Waals surface area contributed by atoms with E-state index in [2.05, 4.69) is 4.90 Å². The number of methoxy groups -OCH3 is 1. The maximum atomic E-state index is 12.3. The van der Waals surface area contributed by atoms with Crippen LogP contribution in [0.4, 0.5) is 0 Å². The van der Waals surface area contributed by atoms with Gasteiger partial charge in [0.05, 0.1) is 12.7 Å². The van der Waals surface area contributed by atoms with Crippen LogP contribution >= 0.6 is 0 Å². The Hall–Kier alpha value is -1.92. The van der Waals surface area contributed by atoms with Crippen LogP contribution < -0.4 is 5.73 Å². The molecule has 2 aliphatic heterocycles. The molecule has 23 heavy (non-hydrogen) atoms. The molecule has 1 aromatic rings. The normalized spacial score (nSPS) is 30.0. The Morgan fingerprint density at radius 1 is 1.26 bits per heavy atom. The number of hydrogen-bond acceptors (Lipinski definition) is 6. The van der Waals surface area contributed by atoms with Crippen LogP contribution in [0.25, 0.3) is 0 Å². The fourth-order valence-electron chi connectivity index (χ4n) is 3.90. The van der Waals surface area contributed by atoms with Crippen molar-refractivity contribution in [2.24, 2.45) is 11.7 Å². The Kier molecular flexibility index (Phi) is 4.63. The third-order valence-corrected chi connectivity index (χ3v) is 4.96. The molecule has 124 valence electrons. The Morgan fingerprint density at radius 2 is 2.00 bits per heavy atom. The number of carbonyl (C=O) groups excluding carboxylic acids is 2. The Morgan fingerprint density at radius 3 is 2.65 bits per heavy atom. The molecule has 6 nitrogen and oxygen atoms in total. The molecule has 2 fully saturated rings. The molecule has 2 heterocycles. The standard InChI is InChI=1S/C17H22N2O4/c1-22-17(21)15-13-8-7-12(19(13)10-18)9-14(15)23-16(20)11-5-3-2-4-6-11/h2-6,12-15H,7-10,18H2,1H3. The van der Waals surface area contributed by atoms with Gasteiger partial charge in [0.2, 0.25) is 0 Å². The molecule has 2 saturated heterocycles. The number of fused-ring (bicyclic) bond motifs is 2. The minimum atomic E-state index is -0.477. The minimum Gasteiger partial charge on any atom is -0.469 e. The van der Waals surface area contributed by atoms with Crippen molar-refractivity contribution in [3.05, 3.63) is 35.9 Å². The van der Waals surface area contributed by atoms with Crippen LogP contribution in [0.15, 0.2) is 30.3 Å². The van der Waals surface area contributed by atoms with Crippen LogP contribution in [0.2, 0.25) is 0 Å². The summed E-state index contributed by atoms with van der Waals surface area (Å²) in [6.45, 7) is 0.405. The smallest absolute Gasteiger partial charge is 0.338 e. The molecule has 2 aliphatic rings. The van der Waals surface area contributed by atoms with Crippen molar-refractivity contribution >= 4 is 11.9 Å². The van der Waals surface area contributed by atoms with Crippen LogP contribution in [0.1, 0.15) is 29.6 Å². The zero-order chi connectivity index (χ0) is 16.4. The summed E-state index contributed by atoms with van der Waals surface area (Å²) in [5.41, 5.74) is 6.32. The van der Waals surface area contributed by atoms with E-state index >= 15 is 0 Å². The van der Waals surface area contributed by atoms with Crippen LogP contribution in [-0.4, -0.2) is 48.8 Å². The topological polar surface area (TPSA) is 81.9 Å². The molecule has 0 amide bonds. The van der Waals surface area contributed by atoms with Crippen molar-refractivity contribution in [1.82, 2.24) is 4.90 Å². The summed E-state index contributed by atoms with van der Waals surface area (Å²) in [7, 11) is 1.37. The molecule has 0 aromatic heterocycles. The van der Waals surface area contributed by atoms with Gasteiger partial charge in [-0.25, -0.2) is 4.79 Å². The first-order chi connectivity index (χ1) is 11.2. The maximum absolute atomic E-state index is 12.3. The van der Waals surface area contributed by atoms with E-state index in [-0.39, 0.29) is 18.1 Å². The number of piperidine rings is 1. The molecule has 1 aromatic carbocycles. The molecule has 0 radical (unpaired) electrons. The van der Waals surface area contributed by atoms with E-state index in [9.17, 15) is 9.59 Å². The predicted molar refractivity (Wildman–Crippen MR) is 83.5 cm³/mol. The van der Waals surface area contributed by atoms with Crippen molar-refractivity contribution in [2.45, 2.75) is 37.5 Å². The lowest BCUT2D eigenvalue weighted by Crippen LogP contribution is -2.56. The lowest BCUT2D eigenvalue weighted by Gasteiger charge is -2.42. The van der Waals surface area contributed by atoms with E-state index in [1.54, 1.807) is 24.3 Å². The van der Waals surface area contributed by atoms with E-state index in [0.29, 0.717) is 18.7 Å². The third kappa shape index (κ3) is 2.96. The SMILES string of the molecule is COC(=O)C1C(OC(=O)c2ccccc2)CC2CCC1N2CN. The first-order valence-corrected chi connectivity index (χ1v) is 7.95. The molecule has 6 heteroatoms. The average Bonchev–Trinajstić information content (AvgIpc) is 2.88. The number of nitrogens with two attached hydrogens (primary N) is 1. The summed E-state index contributed by atoms with van der Waals surface area (Å²) in [5.74, 6) is -1.21. The van der Waals surface area contributed by atoms with Crippen LogP contribution in [0, 0.1) is 5.92 Å². The number of hydrogen-bond donors (Lipinski definition) is 1. The van der Waals surface area contributed by atoms with Gasteiger partial charge in [0, 0.05) is 25.2 Å². The molecule has 3 rings (SSSR count). The van der Waals surface area contributed by atoms with E-state index in [1.807, 2.05) is 6.07 Å². The number of esters is 2. The predicted octanol–water partition coefficient (Wildman–Crippen LogP) is 1.15. The lowest BCUT2D eigenvalue weighted by molar-refractivity contribution is -0.156. The number of nitrogens with zero attached hydrogens (tertiary/aromatic N) is 1. The van der Waals surface area contributed by atoms with Crippen LogP contribution in [-0.2, 0) is 14.3 Å². The van der Waals surface area contributed by atoms with Gasteiger partial charge in [0.25, 0.3) is 0 Å². The monoisotopic (exact) mass is 318 g/mol. The first-order valence-electron chi connectivity index (χ1n) is 7.95. The first kappa shape index (κ1) is 16.0. The number of benzene rings is 1. The van der Waals surface area contributed by atoms with Crippen molar-refractivity contribution in [2.75, 3.05) is 13.8 Å². The highest BCUT2D eigenvalue weighted by molar-refractivity contribution is 5.89. The summed E-state index contributed by atoms with van der Waals surface area (Å²) >= 11 is 0. The fraction of sp³-hybridized carbons (Fsp3) is 0.529. The zero-order valence-corrected chi connectivity index (χ0v) is 13.2. The van der Waals surface area contributed by atoms with Crippen molar-refractivity contribution in [3.8, 4) is 0 Å². The molecule has 2 bridgehead atoms. The zero-order valence-electron chi connectivity index (χ0n) is 13.2. The van der Waals surface area contributed by atoms with Crippen LogP contribution in [0.3, 0.4) is 0 Å². The Balaban J connectivity index is 1.80. The number of rotatable bonds is 4. The highest BCUT2D eigenvalue weighted by atomic mass is 16.6. The number of carbonyl (C=O) groups is 2. The molecule has 0 spiro atoms. The largest absolute Gasteiger partial charge is 0.469 e.